The van der Waals surface area contributed by atoms with Crippen LogP contribution in [-0.2, 0) is 36.8 Å². The number of carbonyl (C=O) groups excluding carboxylic acids is 4. The summed E-state index contributed by atoms with van der Waals surface area (Å²) in [6.07, 6.45) is 1.33. The van der Waals surface area contributed by atoms with E-state index in [1.807, 2.05) is 31.2 Å². The lowest BCUT2D eigenvalue weighted by molar-refractivity contribution is -0.166. The van der Waals surface area contributed by atoms with Crippen LogP contribution in [0, 0.1) is 5.92 Å². The zero-order valence-electron chi connectivity index (χ0n) is 24.9. The van der Waals surface area contributed by atoms with Crippen molar-refractivity contribution in [3.8, 4) is 11.5 Å². The molecular weight excluding hydrogens is 538 g/mol. The normalized spacial score (nSPS) is 21.2. The first kappa shape index (κ1) is 32.4. The highest BCUT2D eigenvalue weighted by Crippen LogP contribution is 2.21. The number of phenolic OH excluding ortho intramolecular Hbond substituents is 1. The zero-order valence-corrected chi connectivity index (χ0v) is 24.9. The van der Waals surface area contributed by atoms with Crippen LogP contribution < -0.4 is 15.4 Å². The molecule has 10 nitrogen and oxygen atoms in total. The molecular formula is C32H43N3O7. The fraction of sp³-hybridized carbons (Fsp3) is 0.500. The van der Waals surface area contributed by atoms with Crippen LogP contribution in [0.5, 0.6) is 11.5 Å². The third-order valence-electron chi connectivity index (χ3n) is 7.22. The molecule has 0 aliphatic carbocycles. The van der Waals surface area contributed by atoms with E-state index >= 15 is 0 Å². The van der Waals surface area contributed by atoms with E-state index in [0.717, 1.165) is 5.56 Å². The number of cyclic esters (lactones) is 1. The van der Waals surface area contributed by atoms with Gasteiger partial charge in [0.2, 0.25) is 11.8 Å². The molecule has 3 N–H and O–H groups in total. The highest BCUT2D eigenvalue weighted by atomic mass is 16.6. The van der Waals surface area contributed by atoms with Crippen molar-refractivity contribution in [3.63, 3.8) is 0 Å². The van der Waals surface area contributed by atoms with E-state index in [0.29, 0.717) is 43.5 Å². The fourth-order valence-corrected chi connectivity index (χ4v) is 4.93. The summed E-state index contributed by atoms with van der Waals surface area (Å²) in [6, 6.07) is 12.1. The smallest absolute Gasteiger partial charge is 0.330 e. The standard InChI is InChI=1S/C32H43N3O7/c1-5-9-26-30(38)33-17-8-11-24-10-6-7-12-28(24)41-19-18-35(22(4)36)27(20-23-13-15-25(37)16-14-23)32(40)42-29(21(2)3)31(39)34-26/h6-7,10,12-16,21,26-27,29,37H,5,8-9,11,17-20H2,1-4H3,(H,33,38)(H,34,39)/t26-,27+,29+/m0/s1. The maximum Gasteiger partial charge on any atom is 0.330 e. The Bertz CT molecular complexity index is 1210. The van der Waals surface area contributed by atoms with Gasteiger partial charge in [-0.25, -0.2) is 4.79 Å². The van der Waals surface area contributed by atoms with Gasteiger partial charge in [-0.1, -0.05) is 57.5 Å². The molecule has 1 aliphatic heterocycles. The number of carbonyl (C=O) groups is 4. The number of nitrogens with zero attached hydrogens (tertiary/aromatic N) is 1. The number of hydrogen-bond donors (Lipinski definition) is 3. The molecule has 1 aliphatic rings. The highest BCUT2D eigenvalue weighted by molar-refractivity contribution is 5.91. The van der Waals surface area contributed by atoms with E-state index in [1.54, 1.807) is 26.0 Å². The Morgan fingerprint density at radius 2 is 1.79 bits per heavy atom. The van der Waals surface area contributed by atoms with Crippen LogP contribution >= 0.6 is 0 Å². The maximum atomic E-state index is 13.8. The van der Waals surface area contributed by atoms with Gasteiger partial charge in [-0.15, -0.1) is 0 Å². The average Bonchev–Trinajstić information content (AvgIpc) is 2.95. The Hall–Kier alpha value is -4.08. The summed E-state index contributed by atoms with van der Waals surface area (Å²) in [5.41, 5.74) is 1.65. The summed E-state index contributed by atoms with van der Waals surface area (Å²) in [4.78, 5) is 54.4. The minimum absolute atomic E-state index is 0.0729. The van der Waals surface area contributed by atoms with Crippen molar-refractivity contribution >= 4 is 23.7 Å². The number of hydrogen-bond acceptors (Lipinski definition) is 7. The lowest BCUT2D eigenvalue weighted by atomic mass is 10.0. The van der Waals surface area contributed by atoms with Crippen LogP contribution in [0.15, 0.2) is 48.5 Å². The third-order valence-corrected chi connectivity index (χ3v) is 7.22. The Balaban J connectivity index is 1.98. The van der Waals surface area contributed by atoms with Gasteiger partial charge in [0.25, 0.3) is 5.91 Å². The summed E-state index contributed by atoms with van der Waals surface area (Å²) >= 11 is 0. The Morgan fingerprint density at radius 3 is 2.45 bits per heavy atom. The Morgan fingerprint density at radius 1 is 1.07 bits per heavy atom. The maximum absolute atomic E-state index is 13.8. The third kappa shape index (κ3) is 9.22. The Labute approximate surface area is 247 Å². The monoisotopic (exact) mass is 581 g/mol. The van der Waals surface area contributed by atoms with Gasteiger partial charge < -0.3 is 30.1 Å². The number of esters is 1. The Kier molecular flexibility index (Phi) is 12.2. The summed E-state index contributed by atoms with van der Waals surface area (Å²) in [5, 5.41) is 15.4. The van der Waals surface area contributed by atoms with Gasteiger partial charge in [0.1, 0.15) is 30.2 Å². The number of fused-ring (bicyclic) bond motifs is 1. The molecule has 0 fully saturated rings. The molecule has 0 saturated carbocycles. The van der Waals surface area contributed by atoms with E-state index < -0.39 is 36.0 Å². The van der Waals surface area contributed by atoms with Crippen molar-refractivity contribution in [1.29, 1.82) is 0 Å². The zero-order chi connectivity index (χ0) is 30.6. The summed E-state index contributed by atoms with van der Waals surface area (Å²) in [7, 11) is 0. The van der Waals surface area contributed by atoms with E-state index in [9.17, 15) is 24.3 Å². The van der Waals surface area contributed by atoms with Crippen LogP contribution in [0.2, 0.25) is 0 Å². The van der Waals surface area contributed by atoms with Gasteiger partial charge in [0.15, 0.2) is 6.10 Å². The lowest BCUT2D eigenvalue weighted by Crippen LogP contribution is -2.53. The number of benzene rings is 2. The summed E-state index contributed by atoms with van der Waals surface area (Å²) < 4.78 is 11.9. The molecule has 1 heterocycles. The largest absolute Gasteiger partial charge is 0.508 e. The minimum atomic E-state index is -1.18. The molecule has 3 atom stereocenters. The van der Waals surface area contributed by atoms with E-state index in [1.165, 1.54) is 24.0 Å². The van der Waals surface area contributed by atoms with Crippen molar-refractivity contribution in [2.75, 3.05) is 19.7 Å². The first-order valence-electron chi connectivity index (χ1n) is 14.6. The quantitative estimate of drug-likeness (QED) is 0.462. The molecule has 2 aromatic carbocycles. The second-order valence-electron chi connectivity index (χ2n) is 10.9. The first-order valence-corrected chi connectivity index (χ1v) is 14.6. The number of rotatable bonds is 5. The topological polar surface area (TPSA) is 134 Å². The van der Waals surface area contributed by atoms with Crippen molar-refractivity contribution in [1.82, 2.24) is 15.5 Å². The predicted molar refractivity (Wildman–Crippen MR) is 158 cm³/mol. The molecule has 228 valence electrons. The van der Waals surface area contributed by atoms with Crippen molar-refractivity contribution in [3.05, 3.63) is 59.7 Å². The van der Waals surface area contributed by atoms with Crippen molar-refractivity contribution in [2.45, 2.75) is 78.0 Å². The number of ether oxygens (including phenoxy) is 2. The number of nitrogens with one attached hydrogen (secondary N) is 2. The predicted octanol–water partition coefficient (Wildman–Crippen LogP) is 3.15. The molecule has 0 radical (unpaired) electrons. The molecule has 0 aromatic heterocycles. The van der Waals surface area contributed by atoms with Gasteiger partial charge >= 0.3 is 5.97 Å². The lowest BCUT2D eigenvalue weighted by Gasteiger charge is -2.32. The van der Waals surface area contributed by atoms with E-state index in [-0.39, 0.29) is 37.1 Å². The van der Waals surface area contributed by atoms with Crippen LogP contribution in [0.4, 0.5) is 0 Å². The fourth-order valence-electron chi connectivity index (χ4n) is 4.93. The first-order chi connectivity index (χ1) is 20.1. The highest BCUT2D eigenvalue weighted by Gasteiger charge is 2.36. The number of aromatic hydroxyl groups is 1. The number of amides is 3. The number of para-hydroxylation sites is 1. The molecule has 3 amide bonds. The molecule has 0 saturated heterocycles. The van der Waals surface area contributed by atoms with Gasteiger partial charge in [0, 0.05) is 19.9 Å². The number of aryl methyl sites for hydroxylation is 1. The minimum Gasteiger partial charge on any atom is -0.508 e. The molecule has 2 aromatic rings. The van der Waals surface area contributed by atoms with Crippen LogP contribution in [0.25, 0.3) is 0 Å². The van der Waals surface area contributed by atoms with Crippen molar-refractivity contribution in [2.24, 2.45) is 5.92 Å². The summed E-state index contributed by atoms with van der Waals surface area (Å²) in [5.74, 6) is -1.62. The van der Waals surface area contributed by atoms with Gasteiger partial charge in [-0.3, -0.25) is 14.4 Å². The summed E-state index contributed by atoms with van der Waals surface area (Å²) in [6.45, 7) is 7.45. The van der Waals surface area contributed by atoms with Crippen LogP contribution in [0.1, 0.15) is 58.1 Å². The van der Waals surface area contributed by atoms with Gasteiger partial charge in [-0.05, 0) is 54.5 Å². The SMILES string of the molecule is CCC[C@@H]1NC(=O)[C@@H](C(C)C)OC(=O)[C@@H](Cc2ccc(O)cc2)N(C(C)=O)CCOc2ccccc2CCCNC1=O. The molecule has 0 bridgehead atoms. The number of phenols is 1. The molecule has 42 heavy (non-hydrogen) atoms. The molecule has 0 spiro atoms. The second kappa shape index (κ2) is 15.8. The molecule has 3 rings (SSSR count). The molecule has 0 unspecified atom stereocenters. The second-order valence-corrected chi connectivity index (χ2v) is 10.9. The van der Waals surface area contributed by atoms with Crippen LogP contribution in [0.3, 0.4) is 0 Å². The van der Waals surface area contributed by atoms with Gasteiger partial charge in [-0.2, -0.15) is 0 Å². The van der Waals surface area contributed by atoms with Crippen molar-refractivity contribution < 1.29 is 33.8 Å². The van der Waals surface area contributed by atoms with Gasteiger partial charge in [0.05, 0.1) is 6.54 Å². The van der Waals surface area contributed by atoms with E-state index in [4.69, 9.17) is 9.47 Å². The van der Waals surface area contributed by atoms with E-state index in [2.05, 4.69) is 10.6 Å². The molecule has 10 heteroatoms. The van der Waals surface area contributed by atoms with Crippen LogP contribution in [-0.4, -0.2) is 71.6 Å². The average molecular weight is 582 g/mol.